The Kier molecular flexibility index (Phi) is 7.17. The van der Waals surface area contributed by atoms with Crippen LogP contribution in [0.5, 0.6) is 5.75 Å². The third-order valence-electron chi connectivity index (χ3n) is 8.50. The molecule has 0 saturated carbocycles. The van der Waals surface area contributed by atoms with E-state index in [1.807, 2.05) is 22.8 Å². The van der Waals surface area contributed by atoms with Gasteiger partial charge < -0.3 is 19.1 Å². The van der Waals surface area contributed by atoms with E-state index in [4.69, 9.17) is 26.1 Å². The molecule has 4 aromatic rings. The maximum atomic E-state index is 14.7. The number of pyridine rings is 1. The van der Waals surface area contributed by atoms with Crippen LogP contribution in [-0.4, -0.2) is 56.3 Å². The summed E-state index contributed by atoms with van der Waals surface area (Å²) in [6.07, 6.45) is 6.32. The van der Waals surface area contributed by atoms with Crippen molar-refractivity contribution in [1.82, 2.24) is 19.4 Å². The van der Waals surface area contributed by atoms with Gasteiger partial charge >= 0.3 is 5.97 Å². The minimum atomic E-state index is -1.06. The summed E-state index contributed by atoms with van der Waals surface area (Å²) in [5.41, 5.74) is 3.90. The molecule has 3 aliphatic rings. The Morgan fingerprint density at radius 3 is 2.64 bits per heavy atom. The van der Waals surface area contributed by atoms with Crippen LogP contribution < -0.4 is 4.74 Å². The molecule has 0 bridgehead atoms. The highest BCUT2D eigenvalue weighted by Gasteiger charge is 2.29. The van der Waals surface area contributed by atoms with Gasteiger partial charge in [-0.2, -0.15) is 0 Å². The minimum Gasteiger partial charge on any atom is -0.481 e. The summed E-state index contributed by atoms with van der Waals surface area (Å²) in [7, 11) is 0. The van der Waals surface area contributed by atoms with Gasteiger partial charge in [0.1, 0.15) is 29.0 Å². The minimum absolute atomic E-state index is 0.00911. The molecule has 8 nitrogen and oxygen atoms in total. The van der Waals surface area contributed by atoms with Crippen LogP contribution in [0.15, 0.2) is 54.6 Å². The summed E-state index contributed by atoms with van der Waals surface area (Å²) in [5.74, 6) is 0.559. The standard InChI is InChI=1S/C32H30ClFN4O4/c33-21-5-6-24(25(34)16-21)28-9-4-20-2-1-3-23(30(20)42-28)19-10-13-37(14-11-19)18-29-35-26-7-8-27(32(39)40)36-31(26)38(29)17-22-12-15-41-22/h1-9,16,19,22,28H,10-15,17-18H2,(H,39,40)/t22-,28-/m0/s1. The first kappa shape index (κ1) is 27.1. The molecule has 0 unspecified atom stereocenters. The first-order valence-corrected chi connectivity index (χ1v) is 14.7. The number of rotatable bonds is 7. The number of carboxylic acids is 1. The Hall–Kier alpha value is -3.79. The van der Waals surface area contributed by atoms with Gasteiger partial charge in [-0.3, -0.25) is 4.90 Å². The maximum Gasteiger partial charge on any atom is 0.354 e. The van der Waals surface area contributed by atoms with Crippen molar-refractivity contribution in [2.45, 2.75) is 50.5 Å². The van der Waals surface area contributed by atoms with Crippen LogP contribution in [0.1, 0.15) is 64.3 Å². The molecule has 2 aromatic carbocycles. The molecular formula is C32H30ClFN4O4. The first-order chi connectivity index (χ1) is 20.4. The molecule has 2 aromatic heterocycles. The average Bonchev–Trinajstić information content (AvgIpc) is 3.30. The maximum absolute atomic E-state index is 14.7. The Balaban J connectivity index is 1.08. The van der Waals surface area contributed by atoms with Crippen molar-refractivity contribution in [1.29, 1.82) is 0 Å². The number of nitrogens with zero attached hydrogens (tertiary/aromatic N) is 4. The second-order valence-corrected chi connectivity index (χ2v) is 11.6. The van der Waals surface area contributed by atoms with Crippen LogP contribution >= 0.6 is 11.6 Å². The van der Waals surface area contributed by atoms with Gasteiger partial charge in [0.25, 0.3) is 0 Å². The SMILES string of the molecule is O=C(O)c1ccc2nc(CN3CCC(c4cccc5c4O[C@H](c4ccc(Cl)cc4F)C=C5)CC3)n(C[C@@H]3CCO3)c2n1. The van der Waals surface area contributed by atoms with E-state index in [1.54, 1.807) is 18.2 Å². The lowest BCUT2D eigenvalue weighted by atomic mass is 9.87. The fourth-order valence-corrected chi connectivity index (χ4v) is 6.29. The topological polar surface area (TPSA) is 89.7 Å². The molecule has 216 valence electrons. The Bertz CT molecular complexity index is 1690. The van der Waals surface area contributed by atoms with Gasteiger partial charge in [0, 0.05) is 22.8 Å². The highest BCUT2D eigenvalue weighted by molar-refractivity contribution is 6.30. The number of para-hydroxylation sites is 1. The summed E-state index contributed by atoms with van der Waals surface area (Å²) in [5, 5.41) is 9.83. The molecule has 2 fully saturated rings. The average molecular weight is 589 g/mol. The highest BCUT2D eigenvalue weighted by atomic mass is 35.5. The van der Waals surface area contributed by atoms with Crippen LogP contribution in [0.3, 0.4) is 0 Å². The van der Waals surface area contributed by atoms with E-state index in [1.165, 1.54) is 12.1 Å². The molecule has 7 rings (SSSR count). The summed E-state index contributed by atoms with van der Waals surface area (Å²) in [6, 6.07) is 14.1. The van der Waals surface area contributed by atoms with Gasteiger partial charge in [-0.25, -0.2) is 19.2 Å². The van der Waals surface area contributed by atoms with E-state index < -0.39 is 12.1 Å². The number of benzene rings is 2. The zero-order valence-corrected chi connectivity index (χ0v) is 23.6. The molecule has 2 saturated heterocycles. The number of hydrogen-bond donors (Lipinski definition) is 1. The first-order valence-electron chi connectivity index (χ1n) is 14.3. The van der Waals surface area contributed by atoms with Gasteiger partial charge in [0.15, 0.2) is 11.3 Å². The number of aromatic nitrogens is 3. The van der Waals surface area contributed by atoms with Crippen molar-refractivity contribution in [3.05, 3.63) is 93.7 Å². The molecule has 10 heteroatoms. The van der Waals surface area contributed by atoms with Crippen molar-refractivity contribution in [2.24, 2.45) is 0 Å². The van der Waals surface area contributed by atoms with E-state index >= 15 is 0 Å². The van der Waals surface area contributed by atoms with E-state index in [9.17, 15) is 14.3 Å². The lowest BCUT2D eigenvalue weighted by molar-refractivity contribution is -0.0593. The van der Waals surface area contributed by atoms with Gasteiger partial charge in [0.2, 0.25) is 0 Å². The molecular weight excluding hydrogens is 559 g/mol. The summed E-state index contributed by atoms with van der Waals surface area (Å²) >= 11 is 5.97. The number of halogens is 2. The second kappa shape index (κ2) is 11.1. The largest absolute Gasteiger partial charge is 0.481 e. The quantitative estimate of drug-likeness (QED) is 0.273. The Morgan fingerprint density at radius 1 is 1.07 bits per heavy atom. The number of carboxylic acid groups (broad SMARTS) is 1. The zero-order valence-electron chi connectivity index (χ0n) is 22.9. The number of fused-ring (bicyclic) bond motifs is 2. The molecule has 0 radical (unpaired) electrons. The Morgan fingerprint density at radius 2 is 1.90 bits per heavy atom. The Labute approximate surface area is 247 Å². The van der Waals surface area contributed by atoms with Gasteiger partial charge in [0.05, 0.1) is 19.2 Å². The van der Waals surface area contributed by atoms with Gasteiger partial charge in [-0.1, -0.05) is 41.9 Å². The number of carbonyl (C=O) groups is 1. The fourth-order valence-electron chi connectivity index (χ4n) is 6.13. The van der Waals surface area contributed by atoms with Gasteiger partial charge in [-0.15, -0.1) is 0 Å². The molecule has 0 amide bonds. The third-order valence-corrected chi connectivity index (χ3v) is 8.74. The second-order valence-electron chi connectivity index (χ2n) is 11.1. The molecule has 42 heavy (non-hydrogen) atoms. The monoisotopic (exact) mass is 588 g/mol. The van der Waals surface area contributed by atoms with Crippen molar-refractivity contribution < 1.29 is 23.8 Å². The highest BCUT2D eigenvalue weighted by Crippen LogP contribution is 2.42. The number of aromatic carboxylic acids is 1. The van der Waals surface area contributed by atoms with Crippen molar-refractivity contribution in [2.75, 3.05) is 19.7 Å². The molecule has 3 aliphatic heterocycles. The van der Waals surface area contributed by atoms with Crippen LogP contribution in [0.25, 0.3) is 17.2 Å². The van der Waals surface area contributed by atoms with E-state index in [-0.39, 0.29) is 17.6 Å². The van der Waals surface area contributed by atoms with E-state index in [2.05, 4.69) is 22.0 Å². The summed E-state index contributed by atoms with van der Waals surface area (Å²) in [6.45, 7) is 3.73. The fraction of sp³-hybridized carbons (Fsp3) is 0.344. The zero-order chi connectivity index (χ0) is 28.8. The number of imidazole rings is 1. The van der Waals surface area contributed by atoms with Crippen LogP contribution in [0.4, 0.5) is 4.39 Å². The third kappa shape index (κ3) is 5.17. The lowest BCUT2D eigenvalue weighted by Gasteiger charge is -2.34. The van der Waals surface area contributed by atoms with E-state index in [0.717, 1.165) is 61.7 Å². The summed E-state index contributed by atoms with van der Waals surface area (Å²) < 4.78 is 28.8. The lowest BCUT2D eigenvalue weighted by Crippen LogP contribution is -2.35. The van der Waals surface area contributed by atoms with Crippen LogP contribution in [0, 0.1) is 5.82 Å². The molecule has 0 spiro atoms. The predicted octanol–water partition coefficient (Wildman–Crippen LogP) is 6.24. The number of likely N-dealkylation sites (tertiary alicyclic amines) is 1. The smallest absolute Gasteiger partial charge is 0.354 e. The number of piperidine rings is 1. The van der Waals surface area contributed by atoms with Crippen molar-refractivity contribution in [3.8, 4) is 5.75 Å². The predicted molar refractivity (Wildman–Crippen MR) is 156 cm³/mol. The molecule has 2 atom stereocenters. The molecule has 1 N–H and O–H groups in total. The van der Waals surface area contributed by atoms with Gasteiger partial charge in [-0.05, 0) is 74.2 Å². The van der Waals surface area contributed by atoms with Crippen LogP contribution in [0.2, 0.25) is 5.02 Å². The number of hydrogen-bond acceptors (Lipinski definition) is 6. The van der Waals surface area contributed by atoms with E-state index in [0.29, 0.717) is 40.8 Å². The normalized spacial score (nSPS) is 20.7. The molecule has 0 aliphatic carbocycles. The van der Waals surface area contributed by atoms with Crippen molar-refractivity contribution >= 4 is 34.8 Å². The molecule has 5 heterocycles. The number of ether oxygens (including phenoxy) is 2. The van der Waals surface area contributed by atoms with Crippen molar-refractivity contribution in [3.63, 3.8) is 0 Å². The summed E-state index contributed by atoms with van der Waals surface area (Å²) in [4.78, 5) is 23.2. The van der Waals surface area contributed by atoms with Crippen LogP contribution in [-0.2, 0) is 17.8 Å².